The molecular formula is C17H36IN3O3S. The summed E-state index contributed by atoms with van der Waals surface area (Å²) in [5, 5.41) is 6.44. The molecule has 25 heavy (non-hydrogen) atoms. The summed E-state index contributed by atoms with van der Waals surface area (Å²) in [6.45, 7) is 5.06. The Morgan fingerprint density at radius 3 is 2.52 bits per heavy atom. The summed E-state index contributed by atoms with van der Waals surface area (Å²) in [6.07, 6.45) is 10.7. The van der Waals surface area contributed by atoms with Gasteiger partial charge in [-0.3, -0.25) is 4.99 Å². The van der Waals surface area contributed by atoms with Crippen LogP contribution in [0.2, 0.25) is 0 Å². The van der Waals surface area contributed by atoms with Crippen molar-refractivity contribution < 1.29 is 13.2 Å². The van der Waals surface area contributed by atoms with Gasteiger partial charge in [-0.15, -0.1) is 24.0 Å². The van der Waals surface area contributed by atoms with Gasteiger partial charge in [-0.05, 0) is 25.7 Å². The Labute approximate surface area is 170 Å². The fourth-order valence-corrected chi connectivity index (χ4v) is 3.36. The van der Waals surface area contributed by atoms with Crippen molar-refractivity contribution in [3.05, 3.63) is 0 Å². The van der Waals surface area contributed by atoms with Crippen LogP contribution in [-0.4, -0.2) is 59.2 Å². The smallest absolute Gasteiger partial charge is 0.191 e. The highest BCUT2D eigenvalue weighted by Crippen LogP contribution is 2.27. The maximum absolute atomic E-state index is 11.0. The van der Waals surface area contributed by atoms with Gasteiger partial charge in [-0.1, -0.05) is 32.1 Å². The molecule has 0 radical (unpaired) electrons. The van der Waals surface area contributed by atoms with E-state index in [0.717, 1.165) is 31.4 Å². The van der Waals surface area contributed by atoms with Crippen LogP contribution in [0.25, 0.3) is 0 Å². The van der Waals surface area contributed by atoms with E-state index in [0.29, 0.717) is 13.2 Å². The number of halogens is 1. The zero-order chi connectivity index (χ0) is 17.7. The first-order valence-electron chi connectivity index (χ1n) is 9.29. The fraction of sp³-hybridized carbons (Fsp3) is 0.941. The van der Waals surface area contributed by atoms with Crippen LogP contribution >= 0.6 is 24.0 Å². The quantitative estimate of drug-likeness (QED) is 0.202. The van der Waals surface area contributed by atoms with E-state index in [2.05, 4.69) is 15.6 Å². The highest BCUT2D eigenvalue weighted by atomic mass is 127. The number of aliphatic imine (C=N–C) groups is 1. The summed E-state index contributed by atoms with van der Waals surface area (Å²) >= 11 is 0. The summed E-state index contributed by atoms with van der Waals surface area (Å²) in [7, 11) is -2.94. The molecule has 150 valence electrons. The van der Waals surface area contributed by atoms with Crippen molar-refractivity contribution in [3.63, 3.8) is 0 Å². The monoisotopic (exact) mass is 489 g/mol. The van der Waals surface area contributed by atoms with Gasteiger partial charge in [-0.2, -0.15) is 0 Å². The summed E-state index contributed by atoms with van der Waals surface area (Å²) < 4.78 is 27.3. The lowest BCUT2D eigenvalue weighted by atomic mass is 9.86. The SMILES string of the molecule is CCNC(=NCCCC1CCCCC1)NCCOCCS(C)(=O)=O.I. The van der Waals surface area contributed by atoms with Crippen molar-refractivity contribution in [2.75, 3.05) is 44.9 Å². The van der Waals surface area contributed by atoms with Crippen LogP contribution in [0.3, 0.4) is 0 Å². The number of hydrogen-bond acceptors (Lipinski definition) is 4. The van der Waals surface area contributed by atoms with Crippen molar-refractivity contribution in [1.82, 2.24) is 10.6 Å². The average Bonchev–Trinajstić information content (AvgIpc) is 2.54. The summed E-state index contributed by atoms with van der Waals surface area (Å²) in [5.74, 6) is 1.79. The lowest BCUT2D eigenvalue weighted by Gasteiger charge is -2.20. The molecule has 8 heteroatoms. The van der Waals surface area contributed by atoms with E-state index in [1.807, 2.05) is 6.92 Å². The second-order valence-corrected chi connectivity index (χ2v) is 8.84. The maximum Gasteiger partial charge on any atom is 0.191 e. The molecule has 0 spiro atoms. The lowest BCUT2D eigenvalue weighted by molar-refractivity contribution is 0.154. The van der Waals surface area contributed by atoms with Crippen LogP contribution in [0.1, 0.15) is 51.9 Å². The Balaban J connectivity index is 0.00000576. The Bertz CT molecular complexity index is 452. The molecule has 1 aliphatic carbocycles. The number of hydrogen-bond donors (Lipinski definition) is 2. The third kappa shape index (κ3) is 14.7. The van der Waals surface area contributed by atoms with Crippen molar-refractivity contribution in [3.8, 4) is 0 Å². The predicted octanol–water partition coefficient (Wildman–Crippen LogP) is 2.58. The molecule has 0 aliphatic heterocycles. The van der Waals surface area contributed by atoms with Crippen molar-refractivity contribution in [2.24, 2.45) is 10.9 Å². The van der Waals surface area contributed by atoms with E-state index in [1.54, 1.807) is 0 Å². The standard InChI is InChI=1S/C17H35N3O3S.HI/c1-3-18-17(20-12-13-23-14-15-24(2,21)22)19-11-7-10-16-8-5-4-6-9-16;/h16H,3-15H2,1-2H3,(H2,18,19,20);1H. The minimum absolute atomic E-state index is 0. The van der Waals surface area contributed by atoms with Gasteiger partial charge in [0.05, 0.1) is 19.0 Å². The molecule has 1 fully saturated rings. The Hall–Kier alpha value is -0.0900. The highest BCUT2D eigenvalue weighted by Gasteiger charge is 2.12. The molecule has 0 aromatic heterocycles. The van der Waals surface area contributed by atoms with Gasteiger partial charge in [-0.25, -0.2) is 8.42 Å². The van der Waals surface area contributed by atoms with Gasteiger partial charge in [0.25, 0.3) is 0 Å². The Morgan fingerprint density at radius 2 is 1.88 bits per heavy atom. The first-order valence-corrected chi connectivity index (χ1v) is 11.3. The molecule has 1 aliphatic rings. The Morgan fingerprint density at radius 1 is 1.16 bits per heavy atom. The minimum Gasteiger partial charge on any atom is -0.379 e. The zero-order valence-corrected chi connectivity index (χ0v) is 18.9. The number of nitrogens with one attached hydrogen (secondary N) is 2. The van der Waals surface area contributed by atoms with Crippen LogP contribution in [0, 0.1) is 5.92 Å². The van der Waals surface area contributed by atoms with Crippen molar-refractivity contribution in [1.29, 1.82) is 0 Å². The van der Waals surface area contributed by atoms with Crippen molar-refractivity contribution >= 4 is 39.8 Å². The molecule has 0 saturated heterocycles. The van der Waals surface area contributed by atoms with Crippen molar-refractivity contribution in [2.45, 2.75) is 51.9 Å². The van der Waals surface area contributed by atoms with Gasteiger partial charge in [0.15, 0.2) is 5.96 Å². The maximum atomic E-state index is 11.0. The molecule has 2 N–H and O–H groups in total. The van der Waals surface area contributed by atoms with E-state index in [-0.39, 0.29) is 36.3 Å². The highest BCUT2D eigenvalue weighted by molar-refractivity contribution is 14.0. The molecule has 0 atom stereocenters. The predicted molar refractivity (Wildman–Crippen MR) is 116 cm³/mol. The normalized spacial score (nSPS) is 16.3. The number of sulfone groups is 1. The number of nitrogens with zero attached hydrogens (tertiary/aromatic N) is 1. The van der Waals surface area contributed by atoms with Crippen LogP contribution in [0.15, 0.2) is 4.99 Å². The minimum atomic E-state index is -2.94. The van der Waals surface area contributed by atoms with Crippen LogP contribution in [0.5, 0.6) is 0 Å². The van der Waals surface area contributed by atoms with Gasteiger partial charge < -0.3 is 15.4 Å². The van der Waals surface area contributed by atoms with Crippen LogP contribution in [-0.2, 0) is 14.6 Å². The summed E-state index contributed by atoms with van der Waals surface area (Å²) in [4.78, 5) is 4.60. The molecular weight excluding hydrogens is 453 g/mol. The molecule has 6 nitrogen and oxygen atoms in total. The Kier molecular flexibility index (Phi) is 15.0. The first-order chi connectivity index (χ1) is 11.5. The van der Waals surface area contributed by atoms with E-state index >= 15 is 0 Å². The number of rotatable bonds is 11. The second-order valence-electron chi connectivity index (χ2n) is 6.58. The molecule has 1 rings (SSSR count). The van der Waals surface area contributed by atoms with Gasteiger partial charge >= 0.3 is 0 Å². The molecule has 0 aromatic rings. The largest absolute Gasteiger partial charge is 0.379 e. The third-order valence-electron chi connectivity index (χ3n) is 4.25. The first kappa shape index (κ1) is 24.9. The van der Waals surface area contributed by atoms with E-state index < -0.39 is 9.84 Å². The summed E-state index contributed by atoms with van der Waals surface area (Å²) in [5.41, 5.74) is 0. The average molecular weight is 489 g/mol. The third-order valence-corrected chi connectivity index (χ3v) is 5.15. The molecule has 1 saturated carbocycles. The van der Waals surface area contributed by atoms with Crippen LogP contribution in [0.4, 0.5) is 0 Å². The molecule has 0 amide bonds. The zero-order valence-electron chi connectivity index (χ0n) is 15.8. The summed E-state index contributed by atoms with van der Waals surface area (Å²) in [6, 6.07) is 0. The second kappa shape index (κ2) is 15.0. The lowest BCUT2D eigenvalue weighted by Crippen LogP contribution is -2.39. The van der Waals surface area contributed by atoms with Gasteiger partial charge in [0.1, 0.15) is 9.84 Å². The fourth-order valence-electron chi connectivity index (χ4n) is 2.94. The van der Waals surface area contributed by atoms with Crippen LogP contribution < -0.4 is 10.6 Å². The van der Waals surface area contributed by atoms with Gasteiger partial charge in [0.2, 0.25) is 0 Å². The number of guanidine groups is 1. The molecule has 0 heterocycles. The molecule has 0 bridgehead atoms. The van der Waals surface area contributed by atoms with E-state index in [4.69, 9.17) is 4.74 Å². The van der Waals surface area contributed by atoms with E-state index in [9.17, 15) is 8.42 Å². The van der Waals surface area contributed by atoms with E-state index in [1.165, 1.54) is 44.8 Å². The topological polar surface area (TPSA) is 79.8 Å². The molecule has 0 aromatic carbocycles. The molecule has 0 unspecified atom stereocenters. The van der Waals surface area contributed by atoms with Gasteiger partial charge in [0, 0.05) is 25.9 Å². The number of ether oxygens (including phenoxy) is 1.